The maximum atomic E-state index is 12.8. The van der Waals surface area contributed by atoms with Gasteiger partial charge in [0.05, 0.1) is 12.8 Å². The van der Waals surface area contributed by atoms with E-state index in [-0.39, 0.29) is 18.8 Å². The highest BCUT2D eigenvalue weighted by Gasteiger charge is 2.38. The predicted molar refractivity (Wildman–Crippen MR) is 104 cm³/mol. The van der Waals surface area contributed by atoms with E-state index in [9.17, 15) is 18.0 Å². The second-order valence-electron chi connectivity index (χ2n) is 7.09. The smallest absolute Gasteiger partial charge is 0.443 e. The summed E-state index contributed by atoms with van der Waals surface area (Å²) in [5.41, 5.74) is 1.39. The van der Waals surface area contributed by atoms with E-state index in [1.807, 2.05) is 19.1 Å². The van der Waals surface area contributed by atoms with Gasteiger partial charge in [-0.1, -0.05) is 19.1 Å². The molecule has 30 heavy (non-hydrogen) atoms. The van der Waals surface area contributed by atoms with Crippen molar-refractivity contribution in [2.24, 2.45) is 0 Å². The molecule has 0 saturated carbocycles. The molecular weight excluding hydrogens is 421 g/mol. The Balaban J connectivity index is 1.57. The van der Waals surface area contributed by atoms with Gasteiger partial charge < -0.3 is 14.2 Å². The van der Waals surface area contributed by atoms with Crippen LogP contribution in [0.4, 0.5) is 13.2 Å². The quantitative estimate of drug-likeness (QED) is 0.596. The number of rotatable bonds is 7. The molecular formula is C20H23F3N2O4S. The number of alkyl halides is 3. The maximum Gasteiger partial charge on any atom is 0.443 e. The van der Waals surface area contributed by atoms with E-state index in [1.54, 1.807) is 12.1 Å². The maximum absolute atomic E-state index is 12.8. The molecule has 2 heterocycles. The Morgan fingerprint density at radius 2 is 2.07 bits per heavy atom. The highest BCUT2D eigenvalue weighted by Crippen LogP contribution is 2.36. The third kappa shape index (κ3) is 5.50. The lowest BCUT2D eigenvalue weighted by atomic mass is 10.0. The Morgan fingerprint density at radius 3 is 2.67 bits per heavy atom. The van der Waals surface area contributed by atoms with Crippen molar-refractivity contribution in [2.45, 2.75) is 38.3 Å². The molecule has 1 aliphatic heterocycles. The van der Waals surface area contributed by atoms with Gasteiger partial charge in [0.25, 0.3) is 0 Å². The van der Waals surface area contributed by atoms with Crippen LogP contribution in [0.15, 0.2) is 29.6 Å². The van der Waals surface area contributed by atoms with Crippen molar-refractivity contribution in [2.75, 3.05) is 26.8 Å². The van der Waals surface area contributed by atoms with Crippen molar-refractivity contribution in [1.82, 2.24) is 9.88 Å². The zero-order valence-electron chi connectivity index (χ0n) is 16.8. The van der Waals surface area contributed by atoms with Crippen molar-refractivity contribution in [3.05, 3.63) is 45.9 Å². The van der Waals surface area contributed by atoms with Crippen molar-refractivity contribution >= 4 is 17.3 Å². The van der Waals surface area contributed by atoms with Gasteiger partial charge in [0.1, 0.15) is 18.1 Å². The molecule has 0 bridgehead atoms. The number of methoxy groups -OCH3 is 1. The van der Waals surface area contributed by atoms with Crippen molar-refractivity contribution < 1.29 is 32.2 Å². The summed E-state index contributed by atoms with van der Waals surface area (Å²) in [7, 11) is 1.30. The lowest BCUT2D eigenvalue weighted by Crippen LogP contribution is -2.31. The first-order valence-electron chi connectivity index (χ1n) is 9.39. The van der Waals surface area contributed by atoms with Gasteiger partial charge in [0.15, 0.2) is 11.6 Å². The first-order chi connectivity index (χ1) is 14.2. The lowest BCUT2D eigenvalue weighted by Gasteiger charge is -2.23. The van der Waals surface area contributed by atoms with Crippen molar-refractivity contribution in [3.63, 3.8) is 0 Å². The topological polar surface area (TPSA) is 60.9 Å². The van der Waals surface area contributed by atoms with Gasteiger partial charge in [0, 0.05) is 18.5 Å². The summed E-state index contributed by atoms with van der Waals surface area (Å²) in [6.07, 6.45) is -5.14. The number of esters is 1. The number of aromatic nitrogens is 1. The summed E-state index contributed by atoms with van der Waals surface area (Å²) in [5, 5.41) is 0.565. The van der Waals surface area contributed by atoms with Crippen LogP contribution in [0.25, 0.3) is 0 Å². The molecule has 0 amide bonds. The fraction of sp³-hybridized carbons (Fsp3) is 0.500. The molecule has 1 aliphatic rings. The summed E-state index contributed by atoms with van der Waals surface area (Å²) in [4.78, 5) is 16.9. The fourth-order valence-electron chi connectivity index (χ4n) is 3.23. The second-order valence-corrected chi connectivity index (χ2v) is 7.95. The first-order valence-corrected chi connectivity index (χ1v) is 10.3. The normalized spacial score (nSPS) is 20.9. The second kappa shape index (κ2) is 9.32. The molecule has 6 nitrogen and oxygen atoms in total. The molecule has 3 atom stereocenters. The van der Waals surface area contributed by atoms with Crippen LogP contribution in [0, 0.1) is 0 Å². The molecule has 0 N–H and O–H groups in total. The number of halogens is 3. The van der Waals surface area contributed by atoms with Crippen molar-refractivity contribution in [1.29, 1.82) is 0 Å². The minimum Gasteiger partial charge on any atom is -0.482 e. The Labute approximate surface area is 176 Å². The number of carbonyl (C=O) groups is 1. The minimum atomic E-state index is -4.44. The average molecular weight is 444 g/mol. The Morgan fingerprint density at radius 1 is 1.37 bits per heavy atom. The molecule has 0 spiro atoms. The number of hydrogen-bond donors (Lipinski definition) is 0. The summed E-state index contributed by atoms with van der Waals surface area (Å²) < 4.78 is 54.1. The molecule has 2 aromatic rings. The van der Waals surface area contributed by atoms with Gasteiger partial charge in [-0.05, 0) is 30.5 Å². The Kier molecular flexibility index (Phi) is 6.99. The van der Waals surface area contributed by atoms with Crippen LogP contribution >= 0.6 is 11.3 Å². The molecule has 3 rings (SSSR count). The van der Waals surface area contributed by atoms with Gasteiger partial charge >= 0.3 is 12.1 Å². The van der Waals surface area contributed by atoms with Crippen LogP contribution in [0.2, 0.25) is 0 Å². The zero-order chi connectivity index (χ0) is 21.9. The molecule has 0 aliphatic carbocycles. The van der Waals surface area contributed by atoms with E-state index < -0.39 is 23.3 Å². The standard InChI is InChI=1S/C20H23F3N2O4S/c1-12(14-4-6-15(7-5-14)28-10-18(26)27-3)8-25-9-17(29-13(25)2)16-11-30-19(24-16)20(21,22)23/h4-7,11-13,17H,8-10H2,1-3H3. The molecule has 1 aromatic heterocycles. The van der Waals surface area contributed by atoms with Gasteiger partial charge in [0.2, 0.25) is 0 Å². The summed E-state index contributed by atoms with van der Waals surface area (Å²) in [5.74, 6) is 0.274. The predicted octanol–water partition coefficient (Wildman–Crippen LogP) is 4.24. The molecule has 1 aromatic carbocycles. The van der Waals surface area contributed by atoms with E-state index in [1.165, 1.54) is 12.5 Å². The van der Waals surface area contributed by atoms with E-state index in [0.717, 1.165) is 5.56 Å². The Bertz CT molecular complexity index is 856. The van der Waals surface area contributed by atoms with Gasteiger partial charge in [-0.3, -0.25) is 4.90 Å². The van der Waals surface area contributed by atoms with Crippen LogP contribution in [-0.2, 0) is 20.4 Å². The number of thiazole rings is 1. The average Bonchev–Trinajstić information content (AvgIpc) is 3.34. The number of ether oxygens (including phenoxy) is 3. The fourth-order valence-corrected chi connectivity index (χ4v) is 3.96. The number of hydrogen-bond acceptors (Lipinski definition) is 7. The van der Waals surface area contributed by atoms with Gasteiger partial charge in [-0.15, -0.1) is 11.3 Å². The highest BCUT2D eigenvalue weighted by atomic mass is 32.1. The molecule has 0 radical (unpaired) electrons. The number of benzene rings is 1. The molecule has 1 fully saturated rings. The zero-order valence-corrected chi connectivity index (χ0v) is 17.6. The number of carbonyl (C=O) groups excluding carboxylic acids is 1. The van der Waals surface area contributed by atoms with Gasteiger partial charge in [-0.2, -0.15) is 13.2 Å². The summed E-state index contributed by atoms with van der Waals surface area (Å²) >= 11 is 0.590. The van der Waals surface area contributed by atoms with E-state index in [2.05, 4.69) is 21.5 Å². The Hall–Kier alpha value is -2.17. The highest BCUT2D eigenvalue weighted by molar-refractivity contribution is 7.09. The number of nitrogens with zero attached hydrogens (tertiary/aromatic N) is 2. The van der Waals surface area contributed by atoms with Crippen LogP contribution in [0.3, 0.4) is 0 Å². The molecule has 1 saturated heterocycles. The van der Waals surface area contributed by atoms with Crippen LogP contribution in [0.5, 0.6) is 5.75 Å². The summed E-state index contributed by atoms with van der Waals surface area (Å²) in [6, 6.07) is 7.42. The molecule has 10 heteroatoms. The lowest BCUT2D eigenvalue weighted by molar-refractivity contribution is -0.143. The SMILES string of the molecule is COC(=O)COc1ccc(C(C)CN2CC(c3csc(C(F)(F)F)n3)OC2C)cc1. The molecule has 164 valence electrons. The first kappa shape index (κ1) is 22.5. The van der Waals surface area contributed by atoms with Crippen molar-refractivity contribution in [3.8, 4) is 5.75 Å². The van der Waals surface area contributed by atoms with Crippen LogP contribution in [-0.4, -0.2) is 48.9 Å². The van der Waals surface area contributed by atoms with Crippen LogP contribution < -0.4 is 4.74 Å². The van der Waals surface area contributed by atoms with E-state index in [0.29, 0.717) is 35.9 Å². The monoisotopic (exact) mass is 444 g/mol. The molecule has 3 unspecified atom stereocenters. The summed E-state index contributed by atoms with van der Waals surface area (Å²) in [6.45, 7) is 4.95. The van der Waals surface area contributed by atoms with E-state index in [4.69, 9.17) is 9.47 Å². The van der Waals surface area contributed by atoms with E-state index >= 15 is 0 Å². The third-order valence-electron chi connectivity index (χ3n) is 4.91. The van der Waals surface area contributed by atoms with Crippen LogP contribution in [0.1, 0.15) is 42.1 Å². The van der Waals surface area contributed by atoms with Gasteiger partial charge in [-0.25, -0.2) is 9.78 Å². The largest absolute Gasteiger partial charge is 0.482 e. The third-order valence-corrected chi connectivity index (χ3v) is 5.82. The minimum absolute atomic E-state index is 0.151.